The predicted molar refractivity (Wildman–Crippen MR) is 83.9 cm³/mol. The van der Waals surface area contributed by atoms with E-state index in [1.807, 2.05) is 20.8 Å². The number of carboxylic acids is 1. The molecule has 1 aliphatic heterocycles. The molecule has 1 amide bonds. The van der Waals surface area contributed by atoms with Crippen molar-refractivity contribution >= 4 is 17.7 Å². The molecule has 1 atom stereocenters. The van der Waals surface area contributed by atoms with Crippen molar-refractivity contribution in [2.45, 2.75) is 51.7 Å². The van der Waals surface area contributed by atoms with Crippen molar-refractivity contribution in [3.05, 3.63) is 29.3 Å². The van der Waals surface area contributed by atoms with E-state index >= 15 is 0 Å². The second kappa shape index (κ2) is 6.40. The largest absolute Gasteiger partial charge is 0.487 e. The van der Waals surface area contributed by atoms with Gasteiger partial charge in [0.05, 0.1) is 12.0 Å². The van der Waals surface area contributed by atoms with Gasteiger partial charge in [-0.15, -0.1) is 0 Å². The van der Waals surface area contributed by atoms with E-state index in [1.54, 1.807) is 6.07 Å². The summed E-state index contributed by atoms with van der Waals surface area (Å²) in [6.07, 6.45) is 1.23. The normalized spacial score (nSPS) is 16.9. The first kappa shape index (κ1) is 17.0. The van der Waals surface area contributed by atoms with Crippen LogP contribution in [-0.4, -0.2) is 34.4 Å². The summed E-state index contributed by atoms with van der Waals surface area (Å²) < 4.78 is 5.74. The number of hydrogen-bond donors (Lipinski definition) is 2. The van der Waals surface area contributed by atoms with Gasteiger partial charge in [0.15, 0.2) is 5.78 Å². The Hall–Kier alpha value is -2.37. The Morgan fingerprint density at radius 3 is 2.70 bits per heavy atom. The molecule has 0 radical (unpaired) electrons. The fourth-order valence-corrected chi connectivity index (χ4v) is 2.58. The summed E-state index contributed by atoms with van der Waals surface area (Å²) in [5, 5.41) is 11.6. The molecular weight excluding hydrogens is 298 g/mol. The maximum atomic E-state index is 12.2. The molecule has 1 aromatic rings. The average molecular weight is 319 g/mol. The van der Waals surface area contributed by atoms with E-state index in [9.17, 15) is 14.4 Å². The molecule has 1 unspecified atom stereocenters. The molecule has 0 saturated heterocycles. The zero-order chi connectivity index (χ0) is 17.2. The number of carboxylic acid groups (broad SMARTS) is 1. The monoisotopic (exact) mass is 319 g/mol. The van der Waals surface area contributed by atoms with Gasteiger partial charge in [0.1, 0.15) is 17.4 Å². The third-order valence-corrected chi connectivity index (χ3v) is 3.70. The van der Waals surface area contributed by atoms with Gasteiger partial charge in [-0.2, -0.15) is 0 Å². The van der Waals surface area contributed by atoms with Crippen molar-refractivity contribution in [2.75, 3.05) is 0 Å². The molecular formula is C17H21NO5. The number of Topliss-reactive ketones (excluding diaryl/α,β-unsaturated/α-hetero) is 1. The topological polar surface area (TPSA) is 92.7 Å². The van der Waals surface area contributed by atoms with Gasteiger partial charge in [-0.25, -0.2) is 4.79 Å². The van der Waals surface area contributed by atoms with Crippen molar-refractivity contribution in [1.82, 2.24) is 5.32 Å². The van der Waals surface area contributed by atoms with Crippen molar-refractivity contribution in [1.29, 1.82) is 0 Å². The van der Waals surface area contributed by atoms with Gasteiger partial charge in [0.25, 0.3) is 5.91 Å². The van der Waals surface area contributed by atoms with Crippen LogP contribution in [0.2, 0.25) is 0 Å². The molecule has 1 aliphatic rings. The minimum absolute atomic E-state index is 0.0887. The number of carbonyl (C=O) groups is 3. The number of benzene rings is 1. The van der Waals surface area contributed by atoms with Gasteiger partial charge < -0.3 is 15.2 Å². The van der Waals surface area contributed by atoms with Gasteiger partial charge in [-0.3, -0.25) is 9.59 Å². The molecule has 0 aliphatic carbocycles. The number of amides is 1. The van der Waals surface area contributed by atoms with E-state index in [0.29, 0.717) is 24.2 Å². The summed E-state index contributed by atoms with van der Waals surface area (Å²) in [5.41, 5.74) is 0.0470. The van der Waals surface area contributed by atoms with Crippen LogP contribution in [0.4, 0.5) is 0 Å². The van der Waals surface area contributed by atoms with Crippen LogP contribution in [0.25, 0.3) is 0 Å². The maximum Gasteiger partial charge on any atom is 0.326 e. The van der Waals surface area contributed by atoms with Gasteiger partial charge in [-0.1, -0.05) is 13.3 Å². The Kier molecular flexibility index (Phi) is 4.73. The van der Waals surface area contributed by atoms with E-state index in [0.717, 1.165) is 0 Å². The Bertz CT molecular complexity index is 650. The van der Waals surface area contributed by atoms with Crippen molar-refractivity contribution in [3.8, 4) is 5.75 Å². The number of aliphatic carboxylic acids is 1. The first-order valence-corrected chi connectivity index (χ1v) is 7.63. The molecule has 0 fully saturated rings. The third kappa shape index (κ3) is 3.88. The van der Waals surface area contributed by atoms with Crippen molar-refractivity contribution < 1.29 is 24.2 Å². The highest BCUT2D eigenvalue weighted by atomic mass is 16.5. The van der Waals surface area contributed by atoms with Crippen LogP contribution in [0, 0.1) is 0 Å². The number of hydrogen-bond acceptors (Lipinski definition) is 4. The summed E-state index contributed by atoms with van der Waals surface area (Å²) in [6.45, 7) is 5.51. The van der Waals surface area contributed by atoms with Crippen LogP contribution in [0.5, 0.6) is 5.75 Å². The average Bonchev–Trinajstić information content (AvgIpc) is 2.45. The number of fused-ring (bicyclic) bond motifs is 1. The highest BCUT2D eigenvalue weighted by molar-refractivity contribution is 6.04. The smallest absolute Gasteiger partial charge is 0.326 e. The fourth-order valence-electron chi connectivity index (χ4n) is 2.58. The zero-order valence-electron chi connectivity index (χ0n) is 13.5. The molecule has 0 aromatic heterocycles. The van der Waals surface area contributed by atoms with Crippen LogP contribution in [0.3, 0.4) is 0 Å². The molecule has 23 heavy (non-hydrogen) atoms. The minimum atomic E-state index is -1.07. The van der Waals surface area contributed by atoms with Gasteiger partial charge in [0.2, 0.25) is 0 Å². The number of carbonyl (C=O) groups excluding carboxylic acids is 2. The molecule has 0 saturated carbocycles. The zero-order valence-corrected chi connectivity index (χ0v) is 13.5. The lowest BCUT2D eigenvalue weighted by atomic mass is 9.92. The number of nitrogens with one attached hydrogen (secondary N) is 1. The Morgan fingerprint density at radius 2 is 2.09 bits per heavy atom. The van der Waals surface area contributed by atoms with E-state index in [4.69, 9.17) is 9.84 Å². The van der Waals surface area contributed by atoms with Gasteiger partial charge in [-0.05, 0) is 38.5 Å². The highest BCUT2D eigenvalue weighted by Crippen LogP contribution is 2.33. The number of rotatable bonds is 5. The standard InChI is InChI=1S/C17H21NO5/c1-4-5-12(16(21)22)18-15(20)10-6-7-14-11(8-10)13(19)9-17(2,3)23-14/h6-8,12H,4-5,9H2,1-3H3,(H,18,20)(H,21,22). The van der Waals surface area contributed by atoms with Crippen molar-refractivity contribution in [3.63, 3.8) is 0 Å². The van der Waals surface area contributed by atoms with Crippen LogP contribution < -0.4 is 10.1 Å². The first-order valence-electron chi connectivity index (χ1n) is 7.63. The molecule has 124 valence electrons. The summed E-state index contributed by atoms with van der Waals surface area (Å²) in [4.78, 5) is 35.6. The molecule has 2 N–H and O–H groups in total. The Morgan fingerprint density at radius 1 is 1.39 bits per heavy atom. The quantitative estimate of drug-likeness (QED) is 0.869. The SMILES string of the molecule is CCCC(NC(=O)c1ccc2c(c1)C(=O)CC(C)(C)O2)C(=O)O. The molecule has 2 rings (SSSR count). The maximum absolute atomic E-state index is 12.2. The number of ketones is 1. The van der Waals surface area contributed by atoms with Gasteiger partial charge >= 0.3 is 5.97 Å². The molecule has 0 bridgehead atoms. The molecule has 0 spiro atoms. The lowest BCUT2D eigenvalue weighted by Gasteiger charge is -2.31. The lowest BCUT2D eigenvalue weighted by Crippen LogP contribution is -2.41. The van der Waals surface area contributed by atoms with Crippen LogP contribution >= 0.6 is 0 Å². The highest BCUT2D eigenvalue weighted by Gasteiger charge is 2.33. The van der Waals surface area contributed by atoms with Crippen LogP contribution in [-0.2, 0) is 4.79 Å². The molecule has 1 aromatic carbocycles. The summed E-state index contributed by atoms with van der Waals surface area (Å²) in [5.74, 6) is -1.22. The molecule has 6 heteroatoms. The van der Waals surface area contributed by atoms with E-state index in [2.05, 4.69) is 5.32 Å². The van der Waals surface area contributed by atoms with Crippen LogP contribution in [0.1, 0.15) is 60.7 Å². The van der Waals surface area contributed by atoms with E-state index in [-0.39, 0.29) is 17.8 Å². The summed E-state index contributed by atoms with van der Waals surface area (Å²) in [6, 6.07) is 3.65. The number of ether oxygens (including phenoxy) is 1. The molecule has 1 heterocycles. The van der Waals surface area contributed by atoms with Crippen LogP contribution in [0.15, 0.2) is 18.2 Å². The predicted octanol–water partition coefficient (Wildman–Crippen LogP) is 2.41. The Balaban J connectivity index is 2.22. The lowest BCUT2D eigenvalue weighted by molar-refractivity contribution is -0.139. The molecule has 6 nitrogen and oxygen atoms in total. The second-order valence-corrected chi connectivity index (χ2v) is 6.33. The summed E-state index contributed by atoms with van der Waals surface area (Å²) in [7, 11) is 0. The summed E-state index contributed by atoms with van der Waals surface area (Å²) >= 11 is 0. The fraction of sp³-hybridized carbons (Fsp3) is 0.471. The van der Waals surface area contributed by atoms with Crippen molar-refractivity contribution in [2.24, 2.45) is 0 Å². The third-order valence-electron chi connectivity index (χ3n) is 3.70. The van der Waals surface area contributed by atoms with E-state index in [1.165, 1.54) is 12.1 Å². The first-order chi connectivity index (χ1) is 10.7. The Labute approximate surface area is 134 Å². The van der Waals surface area contributed by atoms with E-state index < -0.39 is 23.5 Å². The van der Waals surface area contributed by atoms with Gasteiger partial charge in [0, 0.05) is 5.56 Å². The minimum Gasteiger partial charge on any atom is -0.487 e. The second-order valence-electron chi connectivity index (χ2n) is 6.33.